The number of hydrogen-bond acceptors (Lipinski definition) is 3. The SMILES string of the molecule is CCc1ccccc1N1C(=O)C[C@H](Nc2ccccc2C)C1=O. The lowest BCUT2D eigenvalue weighted by Crippen LogP contribution is -2.35. The summed E-state index contributed by atoms with van der Waals surface area (Å²) < 4.78 is 0. The Balaban J connectivity index is 1.87. The zero-order valence-corrected chi connectivity index (χ0v) is 13.4. The molecule has 1 heterocycles. The van der Waals surface area contributed by atoms with Crippen LogP contribution in [0, 0.1) is 6.92 Å². The highest BCUT2D eigenvalue weighted by Gasteiger charge is 2.40. The van der Waals surface area contributed by atoms with Gasteiger partial charge in [0.2, 0.25) is 5.91 Å². The van der Waals surface area contributed by atoms with Crippen LogP contribution in [0.4, 0.5) is 11.4 Å². The van der Waals surface area contributed by atoms with E-state index in [1.807, 2.05) is 62.4 Å². The van der Waals surface area contributed by atoms with Gasteiger partial charge in [-0.2, -0.15) is 0 Å². The van der Waals surface area contributed by atoms with Crippen molar-refractivity contribution in [1.82, 2.24) is 0 Å². The molecule has 3 rings (SSSR count). The fraction of sp³-hybridized carbons (Fsp3) is 0.263. The lowest BCUT2D eigenvalue weighted by Gasteiger charge is -2.19. The van der Waals surface area contributed by atoms with Gasteiger partial charge in [-0.1, -0.05) is 43.3 Å². The van der Waals surface area contributed by atoms with Crippen molar-refractivity contribution in [1.29, 1.82) is 0 Å². The predicted molar refractivity (Wildman–Crippen MR) is 91.5 cm³/mol. The second-order valence-corrected chi connectivity index (χ2v) is 5.77. The molecule has 0 aromatic heterocycles. The van der Waals surface area contributed by atoms with Crippen molar-refractivity contribution >= 4 is 23.2 Å². The number of imide groups is 1. The Kier molecular flexibility index (Phi) is 4.15. The molecule has 1 aliphatic heterocycles. The van der Waals surface area contributed by atoms with Crippen molar-refractivity contribution in [2.75, 3.05) is 10.2 Å². The number of benzene rings is 2. The summed E-state index contributed by atoms with van der Waals surface area (Å²) in [7, 11) is 0. The normalized spacial score (nSPS) is 17.7. The van der Waals surface area contributed by atoms with Gasteiger partial charge in [0.25, 0.3) is 5.91 Å². The number of carbonyl (C=O) groups excluding carboxylic acids is 2. The molecular weight excluding hydrogens is 288 g/mol. The van der Waals surface area contributed by atoms with E-state index in [1.54, 1.807) is 0 Å². The zero-order valence-electron chi connectivity index (χ0n) is 13.4. The summed E-state index contributed by atoms with van der Waals surface area (Å²) in [5.74, 6) is -0.332. The Hall–Kier alpha value is -2.62. The summed E-state index contributed by atoms with van der Waals surface area (Å²) >= 11 is 0. The third-order valence-electron chi connectivity index (χ3n) is 4.23. The Bertz CT molecular complexity index is 755. The maximum Gasteiger partial charge on any atom is 0.256 e. The molecule has 1 aliphatic rings. The maximum absolute atomic E-state index is 12.7. The lowest BCUT2D eigenvalue weighted by molar-refractivity contribution is -0.121. The highest BCUT2D eigenvalue weighted by atomic mass is 16.2. The summed E-state index contributed by atoms with van der Waals surface area (Å²) in [6.07, 6.45) is 0.967. The van der Waals surface area contributed by atoms with Gasteiger partial charge in [0.1, 0.15) is 6.04 Å². The van der Waals surface area contributed by atoms with E-state index in [0.717, 1.165) is 23.2 Å². The minimum absolute atomic E-state index is 0.151. The Morgan fingerprint density at radius 1 is 1.09 bits per heavy atom. The van der Waals surface area contributed by atoms with Gasteiger partial charge in [-0.05, 0) is 36.6 Å². The summed E-state index contributed by atoms with van der Waals surface area (Å²) in [6, 6.07) is 14.8. The van der Waals surface area contributed by atoms with Crippen LogP contribution in [0.3, 0.4) is 0 Å². The topological polar surface area (TPSA) is 49.4 Å². The Morgan fingerprint density at radius 2 is 1.78 bits per heavy atom. The fourth-order valence-corrected chi connectivity index (χ4v) is 2.95. The van der Waals surface area contributed by atoms with Gasteiger partial charge in [-0.25, -0.2) is 4.90 Å². The molecule has 1 N–H and O–H groups in total. The predicted octanol–water partition coefficient (Wildman–Crippen LogP) is 3.30. The second kappa shape index (κ2) is 6.24. The summed E-state index contributed by atoms with van der Waals surface area (Å²) in [5.41, 5.74) is 3.66. The quantitative estimate of drug-likeness (QED) is 0.882. The average molecular weight is 308 g/mol. The number of aryl methyl sites for hydroxylation is 2. The standard InChI is InChI=1S/C19H20N2O2/c1-3-14-9-5-7-11-17(14)21-18(22)12-16(19(21)23)20-15-10-6-4-8-13(15)2/h4-11,16,20H,3,12H2,1-2H3/t16-/m0/s1. The van der Waals surface area contributed by atoms with Crippen LogP contribution in [-0.4, -0.2) is 17.9 Å². The number of amides is 2. The van der Waals surface area contributed by atoms with E-state index in [1.165, 1.54) is 4.90 Å². The minimum atomic E-state index is -0.506. The first-order chi connectivity index (χ1) is 11.1. The maximum atomic E-state index is 12.7. The molecule has 0 unspecified atom stereocenters. The van der Waals surface area contributed by atoms with Crippen molar-refractivity contribution in [3.8, 4) is 0 Å². The number of carbonyl (C=O) groups is 2. The van der Waals surface area contributed by atoms with E-state index in [2.05, 4.69) is 5.32 Å². The minimum Gasteiger partial charge on any atom is -0.373 e. The first kappa shape index (κ1) is 15.3. The molecule has 2 aromatic carbocycles. The Morgan fingerprint density at radius 3 is 2.52 bits per heavy atom. The zero-order chi connectivity index (χ0) is 16.4. The number of rotatable bonds is 4. The van der Waals surface area contributed by atoms with Gasteiger partial charge in [-0.3, -0.25) is 9.59 Å². The second-order valence-electron chi connectivity index (χ2n) is 5.77. The van der Waals surface area contributed by atoms with Crippen molar-refractivity contribution in [3.63, 3.8) is 0 Å². The highest BCUT2D eigenvalue weighted by Crippen LogP contribution is 2.28. The summed E-state index contributed by atoms with van der Waals surface area (Å²) in [6.45, 7) is 4.00. The highest BCUT2D eigenvalue weighted by molar-refractivity contribution is 6.23. The number of hydrogen-bond donors (Lipinski definition) is 1. The van der Waals surface area contributed by atoms with Gasteiger partial charge in [0.05, 0.1) is 12.1 Å². The largest absolute Gasteiger partial charge is 0.373 e. The number of para-hydroxylation sites is 2. The molecule has 1 saturated heterocycles. The molecule has 0 spiro atoms. The molecule has 2 amide bonds. The van der Waals surface area contributed by atoms with Crippen LogP contribution in [0.1, 0.15) is 24.5 Å². The Labute approximate surface area is 136 Å². The average Bonchev–Trinajstić information content (AvgIpc) is 2.83. The summed E-state index contributed by atoms with van der Waals surface area (Å²) in [4.78, 5) is 26.5. The van der Waals surface area contributed by atoms with Crippen molar-refractivity contribution < 1.29 is 9.59 Å². The molecule has 4 nitrogen and oxygen atoms in total. The van der Waals surface area contributed by atoms with E-state index in [9.17, 15) is 9.59 Å². The monoisotopic (exact) mass is 308 g/mol. The van der Waals surface area contributed by atoms with E-state index in [4.69, 9.17) is 0 Å². The van der Waals surface area contributed by atoms with Crippen molar-refractivity contribution in [3.05, 3.63) is 59.7 Å². The van der Waals surface area contributed by atoms with Gasteiger partial charge in [-0.15, -0.1) is 0 Å². The molecule has 0 aliphatic carbocycles. The van der Waals surface area contributed by atoms with Crippen LogP contribution in [0.25, 0.3) is 0 Å². The molecular formula is C19H20N2O2. The molecule has 0 bridgehead atoms. The smallest absolute Gasteiger partial charge is 0.256 e. The first-order valence-corrected chi connectivity index (χ1v) is 7.88. The van der Waals surface area contributed by atoms with Crippen LogP contribution in [0.15, 0.2) is 48.5 Å². The fourth-order valence-electron chi connectivity index (χ4n) is 2.95. The molecule has 1 atom stereocenters. The van der Waals surface area contributed by atoms with Crippen LogP contribution in [0.5, 0.6) is 0 Å². The van der Waals surface area contributed by atoms with Crippen molar-refractivity contribution in [2.45, 2.75) is 32.7 Å². The molecule has 23 heavy (non-hydrogen) atoms. The van der Waals surface area contributed by atoms with Crippen LogP contribution in [0.2, 0.25) is 0 Å². The van der Waals surface area contributed by atoms with Gasteiger partial charge in [0, 0.05) is 5.69 Å². The third kappa shape index (κ3) is 2.84. The molecule has 0 radical (unpaired) electrons. The number of anilines is 2. The van der Waals surface area contributed by atoms with E-state index >= 15 is 0 Å². The van der Waals surface area contributed by atoms with Crippen LogP contribution in [-0.2, 0) is 16.0 Å². The lowest BCUT2D eigenvalue weighted by atomic mass is 10.1. The van der Waals surface area contributed by atoms with E-state index < -0.39 is 6.04 Å². The molecule has 1 fully saturated rings. The van der Waals surface area contributed by atoms with Crippen LogP contribution < -0.4 is 10.2 Å². The van der Waals surface area contributed by atoms with E-state index in [0.29, 0.717) is 5.69 Å². The number of nitrogens with zero attached hydrogens (tertiary/aromatic N) is 1. The third-order valence-corrected chi connectivity index (χ3v) is 4.23. The van der Waals surface area contributed by atoms with Gasteiger partial charge < -0.3 is 5.32 Å². The first-order valence-electron chi connectivity index (χ1n) is 7.88. The van der Waals surface area contributed by atoms with Crippen LogP contribution >= 0.6 is 0 Å². The number of nitrogens with one attached hydrogen (secondary N) is 1. The molecule has 2 aromatic rings. The summed E-state index contributed by atoms with van der Waals surface area (Å²) in [5, 5.41) is 3.21. The van der Waals surface area contributed by atoms with Crippen molar-refractivity contribution in [2.24, 2.45) is 0 Å². The van der Waals surface area contributed by atoms with Gasteiger partial charge in [0.15, 0.2) is 0 Å². The van der Waals surface area contributed by atoms with E-state index in [-0.39, 0.29) is 18.2 Å². The molecule has 118 valence electrons. The molecule has 0 saturated carbocycles. The van der Waals surface area contributed by atoms with Gasteiger partial charge >= 0.3 is 0 Å². The molecule has 4 heteroatoms.